The third-order valence-corrected chi connectivity index (χ3v) is 3.18. The lowest BCUT2D eigenvalue weighted by atomic mass is 10.1. The number of nitrogens with two attached hydrogens (primary N) is 1. The molecule has 0 unspecified atom stereocenters. The summed E-state index contributed by atoms with van der Waals surface area (Å²) in [5, 5.41) is 7.96. The largest absolute Gasteiger partial charge is 0.421 e. The Kier molecular flexibility index (Phi) is 3.36. The van der Waals surface area contributed by atoms with Crippen LogP contribution in [0, 0.1) is 6.92 Å². The Balaban J connectivity index is 2.39. The Hall–Kier alpha value is -1.20. The first-order valence-electron chi connectivity index (χ1n) is 5.00. The quantitative estimate of drug-likeness (QED) is 0.938. The Morgan fingerprint density at radius 2 is 2.19 bits per heavy atom. The maximum Gasteiger partial charge on any atom is 0.248 e. The van der Waals surface area contributed by atoms with Gasteiger partial charge in [0.15, 0.2) is 0 Å². The van der Waals surface area contributed by atoms with E-state index in [9.17, 15) is 0 Å². The molecule has 2 aromatic rings. The second kappa shape index (κ2) is 4.76. The molecule has 16 heavy (non-hydrogen) atoms. The molecule has 0 aliphatic rings. The van der Waals surface area contributed by atoms with Crippen molar-refractivity contribution < 1.29 is 4.42 Å². The SMILES string of the molecule is Cc1c(Br)cccc1-c1nnc(CCN)o1. The first-order valence-corrected chi connectivity index (χ1v) is 5.79. The van der Waals surface area contributed by atoms with Crippen molar-refractivity contribution in [2.24, 2.45) is 5.73 Å². The van der Waals surface area contributed by atoms with Crippen LogP contribution in [0.2, 0.25) is 0 Å². The van der Waals surface area contributed by atoms with E-state index in [1.165, 1.54) is 0 Å². The molecule has 0 radical (unpaired) electrons. The topological polar surface area (TPSA) is 64.9 Å². The van der Waals surface area contributed by atoms with Gasteiger partial charge in [0.25, 0.3) is 0 Å². The van der Waals surface area contributed by atoms with E-state index in [1.54, 1.807) is 0 Å². The normalized spacial score (nSPS) is 10.7. The molecule has 0 fully saturated rings. The Labute approximate surface area is 102 Å². The summed E-state index contributed by atoms with van der Waals surface area (Å²) < 4.78 is 6.55. The second-order valence-electron chi connectivity index (χ2n) is 3.45. The molecular formula is C11H12BrN3O. The molecule has 0 spiro atoms. The van der Waals surface area contributed by atoms with Gasteiger partial charge >= 0.3 is 0 Å². The van der Waals surface area contributed by atoms with E-state index in [2.05, 4.69) is 26.1 Å². The number of hydrogen-bond donors (Lipinski definition) is 1. The lowest BCUT2D eigenvalue weighted by Crippen LogP contribution is -2.02. The molecular weight excluding hydrogens is 270 g/mol. The lowest BCUT2D eigenvalue weighted by molar-refractivity contribution is 0.507. The molecule has 0 amide bonds. The van der Waals surface area contributed by atoms with E-state index >= 15 is 0 Å². The monoisotopic (exact) mass is 281 g/mol. The summed E-state index contributed by atoms with van der Waals surface area (Å²) in [6.07, 6.45) is 0.611. The van der Waals surface area contributed by atoms with Crippen LogP contribution in [0.4, 0.5) is 0 Å². The minimum Gasteiger partial charge on any atom is -0.421 e. The van der Waals surface area contributed by atoms with E-state index < -0.39 is 0 Å². The lowest BCUT2D eigenvalue weighted by Gasteiger charge is -2.02. The summed E-state index contributed by atoms with van der Waals surface area (Å²) in [4.78, 5) is 0. The standard InChI is InChI=1S/C11H12BrN3O/c1-7-8(3-2-4-9(7)12)11-15-14-10(16-11)5-6-13/h2-4H,5-6,13H2,1H3. The molecule has 0 saturated heterocycles. The highest BCUT2D eigenvalue weighted by Crippen LogP contribution is 2.27. The number of benzene rings is 1. The van der Waals surface area contributed by atoms with E-state index in [0.29, 0.717) is 24.7 Å². The van der Waals surface area contributed by atoms with Crippen molar-refractivity contribution in [1.82, 2.24) is 10.2 Å². The predicted molar refractivity (Wildman–Crippen MR) is 64.9 cm³/mol. The minimum atomic E-state index is 0.513. The number of rotatable bonds is 3. The van der Waals surface area contributed by atoms with Gasteiger partial charge in [0.05, 0.1) is 0 Å². The highest BCUT2D eigenvalue weighted by Gasteiger charge is 2.11. The van der Waals surface area contributed by atoms with Crippen LogP contribution in [0.3, 0.4) is 0 Å². The van der Waals surface area contributed by atoms with Crippen LogP contribution in [0.25, 0.3) is 11.5 Å². The van der Waals surface area contributed by atoms with Crippen LogP contribution in [-0.2, 0) is 6.42 Å². The summed E-state index contributed by atoms with van der Waals surface area (Å²) in [7, 11) is 0. The molecule has 5 heteroatoms. The summed E-state index contributed by atoms with van der Waals surface area (Å²) in [6, 6.07) is 5.88. The smallest absolute Gasteiger partial charge is 0.248 e. The number of hydrogen-bond acceptors (Lipinski definition) is 4. The van der Waals surface area contributed by atoms with Crippen molar-refractivity contribution in [2.75, 3.05) is 6.54 Å². The van der Waals surface area contributed by atoms with Crippen molar-refractivity contribution >= 4 is 15.9 Å². The van der Waals surface area contributed by atoms with Crippen molar-refractivity contribution in [3.63, 3.8) is 0 Å². The van der Waals surface area contributed by atoms with Crippen LogP contribution in [-0.4, -0.2) is 16.7 Å². The van der Waals surface area contributed by atoms with Crippen LogP contribution in [0.5, 0.6) is 0 Å². The van der Waals surface area contributed by atoms with Crippen LogP contribution < -0.4 is 5.73 Å². The fraction of sp³-hybridized carbons (Fsp3) is 0.273. The summed E-state index contributed by atoms with van der Waals surface area (Å²) in [6.45, 7) is 2.52. The maximum atomic E-state index is 5.52. The van der Waals surface area contributed by atoms with E-state index in [4.69, 9.17) is 10.2 Å². The van der Waals surface area contributed by atoms with E-state index in [0.717, 1.165) is 15.6 Å². The molecule has 0 atom stereocenters. The van der Waals surface area contributed by atoms with Crippen molar-refractivity contribution in [3.05, 3.63) is 34.1 Å². The van der Waals surface area contributed by atoms with Crippen molar-refractivity contribution in [3.8, 4) is 11.5 Å². The number of nitrogens with zero attached hydrogens (tertiary/aromatic N) is 2. The zero-order chi connectivity index (χ0) is 11.5. The second-order valence-corrected chi connectivity index (χ2v) is 4.31. The summed E-state index contributed by atoms with van der Waals surface area (Å²) >= 11 is 3.47. The van der Waals surface area contributed by atoms with Crippen LogP contribution >= 0.6 is 15.9 Å². The van der Waals surface area contributed by atoms with Gasteiger partial charge in [0.1, 0.15) is 0 Å². The molecule has 0 saturated carbocycles. The maximum absolute atomic E-state index is 5.52. The van der Waals surface area contributed by atoms with Gasteiger partial charge < -0.3 is 10.2 Å². The zero-order valence-corrected chi connectivity index (χ0v) is 10.5. The van der Waals surface area contributed by atoms with Gasteiger partial charge in [-0.15, -0.1) is 10.2 Å². The van der Waals surface area contributed by atoms with Gasteiger partial charge in [0.2, 0.25) is 11.8 Å². The summed E-state index contributed by atoms with van der Waals surface area (Å²) in [5.74, 6) is 1.12. The molecule has 1 aromatic carbocycles. The molecule has 1 heterocycles. The van der Waals surface area contributed by atoms with Gasteiger partial charge in [-0.3, -0.25) is 0 Å². The first kappa shape index (κ1) is 11.3. The Morgan fingerprint density at radius 3 is 2.94 bits per heavy atom. The molecule has 2 N–H and O–H groups in total. The fourth-order valence-electron chi connectivity index (χ4n) is 1.43. The highest BCUT2D eigenvalue weighted by molar-refractivity contribution is 9.10. The molecule has 0 aliphatic carbocycles. The zero-order valence-electron chi connectivity index (χ0n) is 8.90. The van der Waals surface area contributed by atoms with E-state index in [-0.39, 0.29) is 0 Å². The molecule has 0 aliphatic heterocycles. The first-order chi connectivity index (χ1) is 7.72. The average Bonchev–Trinajstić information content (AvgIpc) is 2.71. The number of halogens is 1. The van der Waals surface area contributed by atoms with Gasteiger partial charge in [-0.25, -0.2) is 0 Å². The predicted octanol–water partition coefficient (Wildman–Crippen LogP) is 2.31. The molecule has 1 aromatic heterocycles. The van der Waals surface area contributed by atoms with Gasteiger partial charge in [-0.2, -0.15) is 0 Å². The Morgan fingerprint density at radius 1 is 1.38 bits per heavy atom. The fourth-order valence-corrected chi connectivity index (χ4v) is 1.79. The molecule has 84 valence electrons. The van der Waals surface area contributed by atoms with Crippen LogP contribution in [0.1, 0.15) is 11.5 Å². The van der Waals surface area contributed by atoms with Crippen molar-refractivity contribution in [2.45, 2.75) is 13.3 Å². The summed E-state index contributed by atoms with van der Waals surface area (Å²) in [5.41, 5.74) is 7.46. The van der Waals surface area contributed by atoms with Crippen LogP contribution in [0.15, 0.2) is 27.1 Å². The minimum absolute atomic E-state index is 0.513. The highest BCUT2D eigenvalue weighted by atomic mass is 79.9. The van der Waals surface area contributed by atoms with Gasteiger partial charge in [-0.1, -0.05) is 22.0 Å². The number of aromatic nitrogens is 2. The molecule has 4 nitrogen and oxygen atoms in total. The average molecular weight is 282 g/mol. The van der Waals surface area contributed by atoms with E-state index in [1.807, 2.05) is 25.1 Å². The Bertz CT molecular complexity index is 496. The molecule has 0 bridgehead atoms. The van der Waals surface area contributed by atoms with Crippen molar-refractivity contribution in [1.29, 1.82) is 0 Å². The third-order valence-electron chi connectivity index (χ3n) is 2.32. The van der Waals surface area contributed by atoms with Gasteiger partial charge in [0, 0.05) is 23.0 Å². The third kappa shape index (κ3) is 2.15. The van der Waals surface area contributed by atoms with Gasteiger partial charge in [-0.05, 0) is 24.6 Å². The molecule has 2 rings (SSSR count).